The van der Waals surface area contributed by atoms with Crippen LogP contribution in [0.3, 0.4) is 0 Å². The summed E-state index contributed by atoms with van der Waals surface area (Å²) in [5.41, 5.74) is 2.05. The Labute approximate surface area is 146 Å². The maximum Gasteiger partial charge on any atom is 0.241 e. The molecule has 1 aromatic carbocycles. The summed E-state index contributed by atoms with van der Waals surface area (Å²) in [6.07, 6.45) is 4.01. The molecule has 0 radical (unpaired) electrons. The van der Waals surface area contributed by atoms with Crippen molar-refractivity contribution < 1.29 is 9.90 Å². The molecule has 4 heteroatoms. The summed E-state index contributed by atoms with van der Waals surface area (Å²) in [6, 6.07) is 7.76. The number of benzene rings is 1. The maximum absolute atomic E-state index is 12.6. The fraction of sp³-hybridized carbons (Fsp3) is 0.650. The van der Waals surface area contributed by atoms with E-state index in [1.807, 2.05) is 32.2 Å². The molecule has 1 aliphatic carbocycles. The van der Waals surface area contributed by atoms with E-state index < -0.39 is 0 Å². The zero-order valence-corrected chi connectivity index (χ0v) is 15.5. The highest BCUT2D eigenvalue weighted by Gasteiger charge is 2.27. The summed E-state index contributed by atoms with van der Waals surface area (Å²) in [7, 11) is 1.97. The molecule has 1 amide bonds. The number of aliphatic hydroxyl groups excluding tert-OH is 1. The Hall–Kier alpha value is -1.39. The van der Waals surface area contributed by atoms with E-state index in [1.54, 1.807) is 0 Å². The third kappa shape index (κ3) is 4.81. The number of aliphatic hydroxyl groups is 1. The first-order valence-corrected chi connectivity index (χ1v) is 9.18. The predicted molar refractivity (Wildman–Crippen MR) is 99.2 cm³/mol. The van der Waals surface area contributed by atoms with Crippen molar-refractivity contribution in [1.82, 2.24) is 4.90 Å². The van der Waals surface area contributed by atoms with E-state index in [-0.39, 0.29) is 24.0 Å². The number of nitrogens with one attached hydrogen (secondary N) is 1. The number of carbonyl (C=O) groups is 1. The van der Waals surface area contributed by atoms with Crippen LogP contribution in [0.15, 0.2) is 24.3 Å². The van der Waals surface area contributed by atoms with E-state index in [1.165, 1.54) is 6.42 Å². The van der Waals surface area contributed by atoms with Gasteiger partial charge < -0.3 is 10.4 Å². The van der Waals surface area contributed by atoms with Gasteiger partial charge in [-0.15, -0.1) is 0 Å². The van der Waals surface area contributed by atoms with Gasteiger partial charge in [0.15, 0.2) is 0 Å². The molecule has 3 unspecified atom stereocenters. The second-order valence-corrected chi connectivity index (χ2v) is 7.46. The zero-order chi connectivity index (χ0) is 17.7. The number of hydrogen-bond acceptors (Lipinski definition) is 3. The number of hydrogen-bond donors (Lipinski definition) is 2. The van der Waals surface area contributed by atoms with Gasteiger partial charge in [-0.3, -0.25) is 9.69 Å². The third-order valence-electron chi connectivity index (χ3n) is 5.27. The molecule has 1 aliphatic rings. The van der Waals surface area contributed by atoms with Crippen molar-refractivity contribution in [3.8, 4) is 0 Å². The van der Waals surface area contributed by atoms with Gasteiger partial charge in [-0.2, -0.15) is 0 Å². The van der Waals surface area contributed by atoms with Crippen molar-refractivity contribution in [3.05, 3.63) is 29.8 Å². The third-order valence-corrected chi connectivity index (χ3v) is 5.27. The molecule has 2 rings (SSSR count). The van der Waals surface area contributed by atoms with Crippen molar-refractivity contribution in [3.63, 3.8) is 0 Å². The summed E-state index contributed by atoms with van der Waals surface area (Å²) in [4.78, 5) is 14.7. The van der Waals surface area contributed by atoms with Crippen LogP contribution >= 0.6 is 0 Å². The van der Waals surface area contributed by atoms with Crippen molar-refractivity contribution in [2.45, 2.75) is 64.5 Å². The molecule has 0 saturated heterocycles. The monoisotopic (exact) mass is 332 g/mol. The number of likely N-dealkylation sites (N-methyl/N-ethyl adjacent to an activating group) is 1. The molecule has 134 valence electrons. The van der Waals surface area contributed by atoms with Crippen LogP contribution in [-0.2, 0) is 4.79 Å². The smallest absolute Gasteiger partial charge is 0.241 e. The first kappa shape index (κ1) is 18.9. The van der Waals surface area contributed by atoms with Crippen LogP contribution in [0.5, 0.6) is 0 Å². The fourth-order valence-corrected chi connectivity index (χ4v) is 3.48. The predicted octanol–water partition coefficient (Wildman–Crippen LogP) is 3.62. The molecule has 1 aromatic rings. The first-order valence-electron chi connectivity index (χ1n) is 9.18. The van der Waals surface area contributed by atoms with Crippen molar-refractivity contribution >= 4 is 11.6 Å². The fourth-order valence-electron chi connectivity index (χ4n) is 3.48. The number of nitrogens with zero attached hydrogens (tertiary/aromatic N) is 1. The standard InChI is InChI=1S/C20H32N2O2/c1-14(2)17-10-6-7-11-18(17)21-20(24)15(3)22(4)13-16-9-5-8-12-19(16)23/h6-7,10-11,14-16,19,23H,5,8-9,12-13H2,1-4H3,(H,21,24). The van der Waals surface area contributed by atoms with Gasteiger partial charge in [-0.1, -0.05) is 44.9 Å². The molecular formula is C20H32N2O2. The van der Waals surface area contributed by atoms with Crippen molar-refractivity contribution in [2.24, 2.45) is 5.92 Å². The molecule has 4 nitrogen and oxygen atoms in total. The molecular weight excluding hydrogens is 300 g/mol. The Balaban J connectivity index is 1.96. The minimum Gasteiger partial charge on any atom is -0.393 e. The van der Waals surface area contributed by atoms with Gasteiger partial charge in [0.05, 0.1) is 12.1 Å². The van der Waals surface area contributed by atoms with Gasteiger partial charge in [-0.25, -0.2) is 0 Å². The van der Waals surface area contributed by atoms with Crippen molar-refractivity contribution in [2.75, 3.05) is 18.9 Å². The van der Waals surface area contributed by atoms with E-state index in [2.05, 4.69) is 30.1 Å². The Morgan fingerprint density at radius 2 is 1.92 bits per heavy atom. The van der Waals surface area contributed by atoms with Crippen molar-refractivity contribution in [1.29, 1.82) is 0 Å². The molecule has 1 saturated carbocycles. The Morgan fingerprint density at radius 1 is 1.25 bits per heavy atom. The lowest BCUT2D eigenvalue weighted by molar-refractivity contribution is -0.120. The molecule has 3 atom stereocenters. The van der Waals surface area contributed by atoms with Crippen LogP contribution in [0.2, 0.25) is 0 Å². The number of amides is 1. The SMILES string of the molecule is CC(C)c1ccccc1NC(=O)C(C)N(C)CC1CCCCC1O. The molecule has 1 fully saturated rings. The summed E-state index contributed by atoms with van der Waals surface area (Å²) < 4.78 is 0. The summed E-state index contributed by atoms with van der Waals surface area (Å²) in [6.45, 7) is 6.96. The van der Waals surface area contributed by atoms with Gasteiger partial charge >= 0.3 is 0 Å². The van der Waals surface area contributed by atoms with Crippen LogP contribution in [0, 0.1) is 5.92 Å². The number of carbonyl (C=O) groups excluding carboxylic acids is 1. The number of para-hydroxylation sites is 1. The summed E-state index contributed by atoms with van der Waals surface area (Å²) >= 11 is 0. The van der Waals surface area contributed by atoms with E-state index in [0.29, 0.717) is 5.92 Å². The maximum atomic E-state index is 12.6. The van der Waals surface area contributed by atoms with Crippen LogP contribution < -0.4 is 5.32 Å². The second-order valence-electron chi connectivity index (χ2n) is 7.46. The highest BCUT2D eigenvalue weighted by molar-refractivity contribution is 5.95. The lowest BCUT2D eigenvalue weighted by Gasteiger charge is -2.33. The van der Waals surface area contributed by atoms with E-state index in [0.717, 1.165) is 37.1 Å². The molecule has 0 heterocycles. The lowest BCUT2D eigenvalue weighted by atomic mass is 9.86. The van der Waals surface area contributed by atoms with Crippen LogP contribution in [0.4, 0.5) is 5.69 Å². The molecule has 0 spiro atoms. The minimum atomic E-state index is -0.224. The minimum absolute atomic E-state index is 0.0101. The molecule has 24 heavy (non-hydrogen) atoms. The van der Waals surface area contributed by atoms with Gasteiger partial charge in [0.25, 0.3) is 0 Å². The molecule has 0 aliphatic heterocycles. The van der Waals surface area contributed by atoms with E-state index in [9.17, 15) is 9.90 Å². The van der Waals surface area contributed by atoms with Crippen LogP contribution in [0.25, 0.3) is 0 Å². The van der Waals surface area contributed by atoms with Gasteiger partial charge in [0.1, 0.15) is 0 Å². The Morgan fingerprint density at radius 3 is 2.58 bits per heavy atom. The van der Waals surface area contributed by atoms with Gasteiger partial charge in [-0.05, 0) is 50.3 Å². The average Bonchev–Trinajstić information content (AvgIpc) is 2.56. The van der Waals surface area contributed by atoms with Crippen LogP contribution in [-0.4, -0.2) is 41.7 Å². The lowest BCUT2D eigenvalue weighted by Crippen LogP contribution is -2.44. The number of rotatable bonds is 6. The summed E-state index contributed by atoms with van der Waals surface area (Å²) in [5, 5.41) is 13.2. The second kappa shape index (κ2) is 8.63. The quantitative estimate of drug-likeness (QED) is 0.836. The van der Waals surface area contributed by atoms with Gasteiger partial charge in [0.2, 0.25) is 5.91 Å². The normalized spacial score (nSPS) is 22.6. The Kier molecular flexibility index (Phi) is 6.81. The highest BCUT2D eigenvalue weighted by atomic mass is 16.3. The molecule has 0 aromatic heterocycles. The topological polar surface area (TPSA) is 52.6 Å². The van der Waals surface area contributed by atoms with Gasteiger partial charge in [0, 0.05) is 12.2 Å². The summed E-state index contributed by atoms with van der Waals surface area (Å²) in [5.74, 6) is 0.657. The Bertz CT molecular complexity index is 544. The number of anilines is 1. The van der Waals surface area contributed by atoms with E-state index in [4.69, 9.17) is 0 Å². The van der Waals surface area contributed by atoms with Crippen LogP contribution in [0.1, 0.15) is 57.9 Å². The highest BCUT2D eigenvalue weighted by Crippen LogP contribution is 2.26. The molecule has 2 N–H and O–H groups in total. The average molecular weight is 332 g/mol. The zero-order valence-electron chi connectivity index (χ0n) is 15.5. The first-order chi connectivity index (χ1) is 11.4. The molecule has 0 bridgehead atoms. The van der Waals surface area contributed by atoms with E-state index >= 15 is 0 Å². The largest absolute Gasteiger partial charge is 0.393 e.